The van der Waals surface area contributed by atoms with E-state index < -0.39 is 0 Å². The van der Waals surface area contributed by atoms with Crippen LogP contribution in [-0.4, -0.2) is 66.6 Å². The lowest BCUT2D eigenvalue weighted by Gasteiger charge is -2.33. The molecule has 2 rings (SSSR count). The van der Waals surface area contributed by atoms with E-state index in [2.05, 4.69) is 10.2 Å². The summed E-state index contributed by atoms with van der Waals surface area (Å²) in [5.41, 5.74) is 6.69. The number of hydrogen-bond donors (Lipinski definition) is 3. The zero-order valence-electron chi connectivity index (χ0n) is 14.3. The molecule has 134 valence electrons. The van der Waals surface area contributed by atoms with E-state index in [0.29, 0.717) is 19.5 Å². The Balaban J connectivity index is 1.80. The van der Waals surface area contributed by atoms with Crippen LogP contribution in [0.3, 0.4) is 0 Å². The molecule has 0 unspecified atom stereocenters. The quantitative estimate of drug-likeness (QED) is 0.477. The van der Waals surface area contributed by atoms with Crippen LogP contribution in [0.15, 0.2) is 36.0 Å². The third kappa shape index (κ3) is 6.10. The Morgan fingerprint density at radius 3 is 2.56 bits per heavy atom. The summed E-state index contributed by atoms with van der Waals surface area (Å²) in [6.07, 6.45) is 2.29. The Kier molecular flexibility index (Phi) is 7.26. The molecule has 0 aromatic heterocycles. The lowest BCUT2D eigenvalue weighted by Crippen LogP contribution is -2.46. The zero-order valence-corrected chi connectivity index (χ0v) is 14.3. The number of phenols is 1. The van der Waals surface area contributed by atoms with Crippen LogP contribution in [0.4, 0.5) is 0 Å². The predicted octanol–water partition coefficient (Wildman–Crippen LogP) is 0.0347. The molecule has 1 aliphatic heterocycles. The fraction of sp³-hybridized carbons (Fsp3) is 0.444. The highest BCUT2D eigenvalue weighted by molar-refractivity contribution is 5.97. The van der Waals surface area contributed by atoms with Gasteiger partial charge in [-0.25, -0.2) is 0 Å². The van der Waals surface area contributed by atoms with Gasteiger partial charge in [0.2, 0.25) is 0 Å². The van der Waals surface area contributed by atoms with Crippen molar-refractivity contribution in [2.45, 2.75) is 6.42 Å². The van der Waals surface area contributed by atoms with Gasteiger partial charge in [-0.15, -0.1) is 0 Å². The summed E-state index contributed by atoms with van der Waals surface area (Å²) in [6, 6.07) is 8.83. The second kappa shape index (κ2) is 9.67. The van der Waals surface area contributed by atoms with Crippen LogP contribution >= 0.6 is 0 Å². The normalized spacial score (nSPS) is 15.7. The molecule has 7 nitrogen and oxygen atoms in total. The Hall–Kier alpha value is -2.56. The number of piperazine rings is 1. The van der Waals surface area contributed by atoms with Crippen molar-refractivity contribution >= 4 is 5.91 Å². The molecule has 0 spiro atoms. The van der Waals surface area contributed by atoms with Crippen LogP contribution in [-0.2, 0) is 11.2 Å². The molecule has 0 saturated carbocycles. The predicted molar refractivity (Wildman–Crippen MR) is 95.6 cm³/mol. The molecule has 1 fully saturated rings. The van der Waals surface area contributed by atoms with E-state index in [1.807, 2.05) is 23.1 Å². The van der Waals surface area contributed by atoms with Gasteiger partial charge in [-0.2, -0.15) is 5.26 Å². The van der Waals surface area contributed by atoms with Gasteiger partial charge in [0.05, 0.1) is 0 Å². The molecule has 1 heterocycles. The first kappa shape index (κ1) is 18.8. The molecule has 0 bridgehead atoms. The van der Waals surface area contributed by atoms with Gasteiger partial charge in [-0.3, -0.25) is 9.69 Å². The van der Waals surface area contributed by atoms with E-state index in [0.717, 1.165) is 38.3 Å². The first-order chi connectivity index (χ1) is 12.1. The lowest BCUT2D eigenvalue weighted by atomic mass is 10.1. The average Bonchev–Trinajstić information content (AvgIpc) is 2.63. The molecule has 25 heavy (non-hydrogen) atoms. The number of hydrogen-bond acceptors (Lipinski definition) is 6. The summed E-state index contributed by atoms with van der Waals surface area (Å²) in [4.78, 5) is 16.4. The highest BCUT2D eigenvalue weighted by atomic mass is 16.3. The van der Waals surface area contributed by atoms with Gasteiger partial charge in [0.15, 0.2) is 0 Å². The van der Waals surface area contributed by atoms with Crippen LogP contribution in [0.5, 0.6) is 5.75 Å². The van der Waals surface area contributed by atoms with Crippen molar-refractivity contribution < 1.29 is 9.90 Å². The third-order valence-electron chi connectivity index (χ3n) is 4.16. The monoisotopic (exact) mass is 343 g/mol. The topological polar surface area (TPSA) is 106 Å². The number of aromatic hydroxyl groups is 1. The smallest absolute Gasteiger partial charge is 0.263 e. The molecule has 0 atom stereocenters. The summed E-state index contributed by atoms with van der Waals surface area (Å²) in [7, 11) is 0. The van der Waals surface area contributed by atoms with Gasteiger partial charge in [-0.05, 0) is 24.1 Å². The number of phenolic OH excluding ortho intramolecular Hbond substituents is 1. The summed E-state index contributed by atoms with van der Waals surface area (Å²) in [6.45, 7) is 5.29. The number of carbonyl (C=O) groups is 1. The largest absolute Gasteiger partial charge is 0.508 e. The van der Waals surface area contributed by atoms with Gasteiger partial charge in [0.1, 0.15) is 17.4 Å². The van der Waals surface area contributed by atoms with E-state index in [-0.39, 0.29) is 17.2 Å². The molecule has 1 aliphatic rings. The van der Waals surface area contributed by atoms with Crippen LogP contribution in [0.2, 0.25) is 0 Å². The minimum absolute atomic E-state index is 0.123. The minimum atomic E-state index is -0.356. The second-order valence-corrected chi connectivity index (χ2v) is 5.99. The molecule has 1 saturated heterocycles. The number of nitriles is 1. The number of nitrogens with one attached hydrogen (secondary N) is 1. The summed E-state index contributed by atoms with van der Waals surface area (Å²) in [5.74, 6) is -0.139. The van der Waals surface area contributed by atoms with E-state index in [1.165, 1.54) is 0 Å². The van der Waals surface area contributed by atoms with Crippen molar-refractivity contribution in [3.05, 3.63) is 41.6 Å². The number of nitrogens with two attached hydrogens (primary N) is 1. The SMILES string of the molecule is N#C/C(=C/N1CCN(CCN)CC1)C(=O)NCCc1ccc(O)cc1. The van der Waals surface area contributed by atoms with Gasteiger partial charge >= 0.3 is 0 Å². The zero-order chi connectivity index (χ0) is 18.1. The number of rotatable bonds is 7. The standard InChI is InChI=1S/C18H25N5O2/c19-6-8-22-9-11-23(12-10-22)14-16(13-20)18(25)21-7-5-15-1-3-17(24)4-2-15/h1-4,14,24H,5-12,19H2,(H,21,25)/b16-14-. The minimum Gasteiger partial charge on any atom is -0.508 e. The number of carbonyl (C=O) groups excluding carboxylic acids is 1. The lowest BCUT2D eigenvalue weighted by molar-refractivity contribution is -0.117. The van der Waals surface area contributed by atoms with Gasteiger partial charge < -0.3 is 21.1 Å². The third-order valence-corrected chi connectivity index (χ3v) is 4.16. The molecular formula is C18H25N5O2. The maximum absolute atomic E-state index is 12.2. The van der Waals surface area contributed by atoms with Crippen LogP contribution in [0.1, 0.15) is 5.56 Å². The fourth-order valence-electron chi connectivity index (χ4n) is 2.70. The first-order valence-electron chi connectivity index (χ1n) is 8.47. The van der Waals surface area contributed by atoms with Crippen molar-refractivity contribution in [2.75, 3.05) is 45.8 Å². The summed E-state index contributed by atoms with van der Waals surface area (Å²) < 4.78 is 0. The number of nitrogens with zero attached hydrogens (tertiary/aromatic N) is 3. The van der Waals surface area contributed by atoms with Crippen molar-refractivity contribution in [3.63, 3.8) is 0 Å². The van der Waals surface area contributed by atoms with Crippen LogP contribution in [0.25, 0.3) is 0 Å². The Bertz CT molecular complexity index is 628. The van der Waals surface area contributed by atoms with Crippen molar-refractivity contribution in [1.29, 1.82) is 5.26 Å². The van der Waals surface area contributed by atoms with Gasteiger partial charge in [0, 0.05) is 52.0 Å². The Morgan fingerprint density at radius 2 is 1.96 bits per heavy atom. The first-order valence-corrected chi connectivity index (χ1v) is 8.47. The number of amides is 1. The highest BCUT2D eigenvalue weighted by Gasteiger charge is 2.16. The van der Waals surface area contributed by atoms with Crippen molar-refractivity contribution in [2.24, 2.45) is 5.73 Å². The second-order valence-electron chi connectivity index (χ2n) is 5.99. The molecule has 1 aromatic rings. The molecule has 0 radical (unpaired) electrons. The summed E-state index contributed by atoms with van der Waals surface area (Å²) >= 11 is 0. The fourth-order valence-corrected chi connectivity index (χ4v) is 2.70. The van der Waals surface area contributed by atoms with Crippen molar-refractivity contribution in [3.8, 4) is 11.8 Å². The maximum Gasteiger partial charge on any atom is 0.263 e. The van der Waals surface area contributed by atoms with Gasteiger partial charge in [-0.1, -0.05) is 12.1 Å². The Labute approximate surface area is 148 Å². The molecular weight excluding hydrogens is 318 g/mol. The van der Waals surface area contributed by atoms with Gasteiger partial charge in [0.25, 0.3) is 5.91 Å². The van der Waals surface area contributed by atoms with Crippen LogP contribution < -0.4 is 11.1 Å². The van der Waals surface area contributed by atoms with Crippen molar-refractivity contribution in [1.82, 2.24) is 15.1 Å². The maximum atomic E-state index is 12.2. The number of benzene rings is 1. The van der Waals surface area contributed by atoms with E-state index in [1.54, 1.807) is 18.3 Å². The molecule has 4 N–H and O–H groups in total. The van der Waals surface area contributed by atoms with E-state index in [9.17, 15) is 15.2 Å². The highest BCUT2D eigenvalue weighted by Crippen LogP contribution is 2.10. The van der Waals surface area contributed by atoms with E-state index in [4.69, 9.17) is 5.73 Å². The van der Waals surface area contributed by atoms with E-state index >= 15 is 0 Å². The van der Waals surface area contributed by atoms with Crippen LogP contribution in [0, 0.1) is 11.3 Å². The Morgan fingerprint density at radius 1 is 1.28 bits per heavy atom. The molecule has 0 aliphatic carbocycles. The average molecular weight is 343 g/mol. The molecule has 1 aromatic carbocycles. The molecule has 7 heteroatoms. The molecule has 1 amide bonds. The summed E-state index contributed by atoms with van der Waals surface area (Å²) in [5, 5.41) is 21.3.